The number of nitrogens with one attached hydrogen (secondary N) is 1. The standard InChI is InChI=1S/C15H20ClN3O2/c1-18-5-7-19(8-6-18)15(21)11-17-14(20)10-12-3-2-4-13(16)9-12/h2-4,9H,5-8,10-11H2,1H3,(H,17,20). The Kier molecular flexibility index (Phi) is 5.59. The second-order valence-electron chi connectivity index (χ2n) is 5.27. The highest BCUT2D eigenvalue weighted by Gasteiger charge is 2.19. The van der Waals surface area contributed by atoms with Crippen molar-refractivity contribution in [2.45, 2.75) is 6.42 Å². The fourth-order valence-electron chi connectivity index (χ4n) is 2.24. The highest BCUT2D eigenvalue weighted by molar-refractivity contribution is 6.30. The Morgan fingerprint density at radius 1 is 1.24 bits per heavy atom. The van der Waals surface area contributed by atoms with Crippen LogP contribution in [-0.4, -0.2) is 61.4 Å². The summed E-state index contributed by atoms with van der Waals surface area (Å²) < 4.78 is 0. The lowest BCUT2D eigenvalue weighted by molar-refractivity contribution is -0.134. The van der Waals surface area contributed by atoms with Gasteiger partial charge < -0.3 is 15.1 Å². The normalized spacial score (nSPS) is 15.8. The number of carbonyl (C=O) groups is 2. The molecule has 1 aromatic carbocycles. The van der Waals surface area contributed by atoms with Crippen molar-refractivity contribution in [3.05, 3.63) is 34.9 Å². The molecule has 0 unspecified atom stereocenters. The van der Waals surface area contributed by atoms with Gasteiger partial charge in [-0.25, -0.2) is 0 Å². The number of likely N-dealkylation sites (N-methyl/N-ethyl adjacent to an activating group) is 1. The number of benzene rings is 1. The monoisotopic (exact) mass is 309 g/mol. The van der Waals surface area contributed by atoms with Gasteiger partial charge in [-0.15, -0.1) is 0 Å². The summed E-state index contributed by atoms with van der Waals surface area (Å²) in [4.78, 5) is 27.8. The van der Waals surface area contributed by atoms with Crippen LogP contribution in [0, 0.1) is 0 Å². The van der Waals surface area contributed by atoms with Crippen molar-refractivity contribution >= 4 is 23.4 Å². The van der Waals surface area contributed by atoms with Crippen LogP contribution in [0.15, 0.2) is 24.3 Å². The molecule has 5 nitrogen and oxygen atoms in total. The first-order chi connectivity index (χ1) is 10.0. The van der Waals surface area contributed by atoms with Gasteiger partial charge >= 0.3 is 0 Å². The van der Waals surface area contributed by atoms with Gasteiger partial charge in [0.25, 0.3) is 0 Å². The van der Waals surface area contributed by atoms with E-state index in [0.29, 0.717) is 5.02 Å². The van der Waals surface area contributed by atoms with Crippen LogP contribution in [0.4, 0.5) is 0 Å². The van der Waals surface area contributed by atoms with Crippen LogP contribution in [-0.2, 0) is 16.0 Å². The van der Waals surface area contributed by atoms with Gasteiger partial charge in [0.1, 0.15) is 0 Å². The van der Waals surface area contributed by atoms with Crippen molar-refractivity contribution in [2.24, 2.45) is 0 Å². The largest absolute Gasteiger partial charge is 0.347 e. The van der Waals surface area contributed by atoms with Crippen molar-refractivity contribution in [1.29, 1.82) is 0 Å². The Balaban J connectivity index is 1.75. The summed E-state index contributed by atoms with van der Waals surface area (Å²) in [6.07, 6.45) is 0.233. The molecule has 0 radical (unpaired) electrons. The molecule has 1 saturated heterocycles. The Hall–Kier alpha value is -1.59. The average molecular weight is 310 g/mol. The summed E-state index contributed by atoms with van der Waals surface area (Å²) in [6, 6.07) is 7.16. The topological polar surface area (TPSA) is 52.6 Å². The fraction of sp³-hybridized carbons (Fsp3) is 0.467. The number of piperazine rings is 1. The Labute approximate surface area is 129 Å². The number of rotatable bonds is 4. The molecule has 1 aromatic rings. The Morgan fingerprint density at radius 3 is 2.62 bits per heavy atom. The Bertz CT molecular complexity index is 513. The predicted molar refractivity (Wildman–Crippen MR) is 82.2 cm³/mol. The number of nitrogens with zero attached hydrogens (tertiary/aromatic N) is 2. The lowest BCUT2D eigenvalue weighted by atomic mass is 10.1. The fourth-order valence-corrected chi connectivity index (χ4v) is 2.45. The molecule has 21 heavy (non-hydrogen) atoms. The number of hydrogen-bond acceptors (Lipinski definition) is 3. The molecule has 0 atom stereocenters. The average Bonchev–Trinajstić information content (AvgIpc) is 2.45. The zero-order valence-electron chi connectivity index (χ0n) is 12.1. The lowest BCUT2D eigenvalue weighted by Crippen LogP contribution is -2.50. The van der Waals surface area contributed by atoms with Crippen molar-refractivity contribution < 1.29 is 9.59 Å². The van der Waals surface area contributed by atoms with Gasteiger partial charge in [-0.05, 0) is 24.7 Å². The van der Waals surface area contributed by atoms with Crippen LogP contribution in [0.25, 0.3) is 0 Å². The van der Waals surface area contributed by atoms with E-state index in [1.165, 1.54) is 0 Å². The first kappa shape index (κ1) is 15.8. The highest BCUT2D eigenvalue weighted by atomic mass is 35.5. The van der Waals surface area contributed by atoms with Crippen LogP contribution in [0.2, 0.25) is 5.02 Å². The van der Waals surface area contributed by atoms with E-state index in [9.17, 15) is 9.59 Å². The van der Waals surface area contributed by atoms with E-state index in [2.05, 4.69) is 10.2 Å². The molecule has 1 N–H and O–H groups in total. The molecule has 0 bridgehead atoms. The quantitative estimate of drug-likeness (QED) is 0.894. The molecule has 6 heteroatoms. The SMILES string of the molecule is CN1CCN(C(=O)CNC(=O)Cc2cccc(Cl)c2)CC1. The molecule has 1 fully saturated rings. The summed E-state index contributed by atoms with van der Waals surface area (Å²) in [5, 5.41) is 3.28. The number of carbonyl (C=O) groups excluding carboxylic acids is 2. The van der Waals surface area contributed by atoms with Gasteiger partial charge in [0.2, 0.25) is 11.8 Å². The molecule has 2 rings (SSSR count). The van der Waals surface area contributed by atoms with E-state index < -0.39 is 0 Å². The maximum Gasteiger partial charge on any atom is 0.242 e. The van der Waals surface area contributed by atoms with E-state index in [-0.39, 0.29) is 24.8 Å². The molecule has 114 valence electrons. The number of hydrogen-bond donors (Lipinski definition) is 1. The third kappa shape index (κ3) is 5.02. The number of halogens is 1. The molecule has 2 amide bonds. The molecule has 0 spiro atoms. The van der Waals surface area contributed by atoms with E-state index in [1.54, 1.807) is 23.1 Å². The molecular weight excluding hydrogens is 290 g/mol. The van der Waals surface area contributed by atoms with Gasteiger partial charge in [0, 0.05) is 31.2 Å². The van der Waals surface area contributed by atoms with Crippen LogP contribution in [0.1, 0.15) is 5.56 Å². The van der Waals surface area contributed by atoms with Gasteiger partial charge in [0.15, 0.2) is 0 Å². The van der Waals surface area contributed by atoms with Crippen LogP contribution in [0.5, 0.6) is 0 Å². The first-order valence-electron chi connectivity index (χ1n) is 7.02. The van der Waals surface area contributed by atoms with Crippen molar-refractivity contribution in [3.8, 4) is 0 Å². The van der Waals surface area contributed by atoms with Gasteiger partial charge in [0.05, 0.1) is 13.0 Å². The summed E-state index contributed by atoms with van der Waals surface area (Å²) >= 11 is 5.87. The minimum Gasteiger partial charge on any atom is -0.347 e. The molecule has 0 saturated carbocycles. The molecule has 1 aliphatic heterocycles. The number of amides is 2. The smallest absolute Gasteiger partial charge is 0.242 e. The van der Waals surface area contributed by atoms with Crippen molar-refractivity contribution in [3.63, 3.8) is 0 Å². The van der Waals surface area contributed by atoms with Gasteiger partial charge in [-0.1, -0.05) is 23.7 Å². The predicted octanol–water partition coefficient (Wildman–Crippen LogP) is 0.773. The summed E-state index contributed by atoms with van der Waals surface area (Å²) in [5.74, 6) is -0.192. The van der Waals surface area contributed by atoms with Crippen LogP contribution < -0.4 is 5.32 Å². The summed E-state index contributed by atoms with van der Waals surface area (Å²) in [5.41, 5.74) is 0.840. The molecule has 1 aliphatic rings. The molecule has 1 heterocycles. The van der Waals surface area contributed by atoms with E-state index in [1.807, 2.05) is 13.1 Å². The summed E-state index contributed by atoms with van der Waals surface area (Å²) in [6.45, 7) is 3.26. The zero-order valence-corrected chi connectivity index (χ0v) is 12.9. The Morgan fingerprint density at radius 2 is 1.95 bits per heavy atom. The molecule has 0 aromatic heterocycles. The van der Waals surface area contributed by atoms with Gasteiger partial charge in [-0.2, -0.15) is 0 Å². The summed E-state index contributed by atoms with van der Waals surface area (Å²) in [7, 11) is 2.04. The van der Waals surface area contributed by atoms with Crippen molar-refractivity contribution in [1.82, 2.24) is 15.1 Å². The van der Waals surface area contributed by atoms with Gasteiger partial charge in [-0.3, -0.25) is 9.59 Å². The van der Waals surface area contributed by atoms with E-state index in [4.69, 9.17) is 11.6 Å². The zero-order chi connectivity index (χ0) is 15.2. The van der Waals surface area contributed by atoms with Crippen LogP contribution in [0.3, 0.4) is 0 Å². The minimum absolute atomic E-state index is 0.0254. The second kappa shape index (κ2) is 7.43. The maximum atomic E-state index is 12.0. The van der Waals surface area contributed by atoms with E-state index >= 15 is 0 Å². The highest BCUT2D eigenvalue weighted by Crippen LogP contribution is 2.10. The molecule has 0 aliphatic carbocycles. The third-order valence-electron chi connectivity index (χ3n) is 3.55. The first-order valence-corrected chi connectivity index (χ1v) is 7.40. The second-order valence-corrected chi connectivity index (χ2v) is 5.70. The van der Waals surface area contributed by atoms with Crippen LogP contribution >= 0.6 is 11.6 Å². The molecular formula is C15H20ClN3O2. The van der Waals surface area contributed by atoms with Crippen molar-refractivity contribution in [2.75, 3.05) is 39.8 Å². The maximum absolute atomic E-state index is 12.0. The minimum atomic E-state index is -0.167. The van der Waals surface area contributed by atoms with E-state index in [0.717, 1.165) is 31.7 Å². The third-order valence-corrected chi connectivity index (χ3v) is 3.78. The lowest BCUT2D eigenvalue weighted by Gasteiger charge is -2.32.